The van der Waals surface area contributed by atoms with Crippen LogP contribution >= 0.6 is 0 Å². The molecule has 3 aromatic carbocycles. The summed E-state index contributed by atoms with van der Waals surface area (Å²) in [6, 6.07) is 7.88. The second-order valence-electron chi connectivity index (χ2n) is 9.53. The number of hydrogen-bond donors (Lipinski definition) is 4. The van der Waals surface area contributed by atoms with Gasteiger partial charge in [-0.3, -0.25) is 0 Å². The molecule has 5 rings (SSSR count). The van der Waals surface area contributed by atoms with Gasteiger partial charge in [0.2, 0.25) is 0 Å². The van der Waals surface area contributed by atoms with Gasteiger partial charge in [0.15, 0.2) is 6.29 Å². The highest BCUT2D eigenvalue weighted by molar-refractivity contribution is 6.19. The van der Waals surface area contributed by atoms with E-state index in [2.05, 4.69) is 6.58 Å². The molecule has 0 aliphatic carbocycles. The maximum atomic E-state index is 13.3. The fourth-order valence-corrected chi connectivity index (χ4v) is 5.15. The summed E-state index contributed by atoms with van der Waals surface area (Å²) in [5.41, 5.74) is -1.34. The molecule has 37 heavy (non-hydrogen) atoms. The number of ether oxygens (including phenoxy) is 3. The molecule has 9 heteroatoms. The van der Waals surface area contributed by atoms with Gasteiger partial charge in [-0.05, 0) is 42.3 Å². The Bertz CT molecular complexity index is 1620. The topological polar surface area (TPSA) is 139 Å². The van der Waals surface area contributed by atoms with Crippen molar-refractivity contribution in [1.82, 2.24) is 0 Å². The number of rotatable bonds is 4. The Morgan fingerprint density at radius 3 is 2.35 bits per heavy atom. The molecule has 1 saturated heterocycles. The minimum absolute atomic E-state index is 0.0902. The summed E-state index contributed by atoms with van der Waals surface area (Å²) in [7, 11) is 2.91. The summed E-state index contributed by atoms with van der Waals surface area (Å²) >= 11 is 0. The minimum atomic E-state index is -1.71. The SMILES string of the molecule is C=Cc1cc(OC)c2c(c1)c(=O)oc1c2cc(OC)c2c(O)ccc(C3OC(O)C(C)C(C)(O)C3O)c21. The average molecular weight is 509 g/mol. The highest BCUT2D eigenvalue weighted by Crippen LogP contribution is 2.48. The first kappa shape index (κ1) is 25.0. The van der Waals surface area contributed by atoms with E-state index in [0.717, 1.165) is 0 Å². The molecule has 5 atom stereocenters. The number of fused-ring (bicyclic) bond motifs is 5. The van der Waals surface area contributed by atoms with Gasteiger partial charge in [-0.1, -0.05) is 25.6 Å². The van der Waals surface area contributed by atoms with Gasteiger partial charge < -0.3 is 39.1 Å². The van der Waals surface area contributed by atoms with E-state index in [1.807, 2.05) is 0 Å². The molecule has 5 unspecified atom stereocenters. The van der Waals surface area contributed by atoms with Crippen LogP contribution in [0.15, 0.2) is 46.1 Å². The standard InChI is InChI=1S/C28H28O9/c1-6-13-9-16-20(18(10-13)34-4)15-11-19(35-5)22-17(29)8-7-14(21(22)23(15)36-27(16)32)24-25(30)28(3,33)12(2)26(31)37-24/h6-12,24-26,29-31,33H,1H2,2-5H3. The van der Waals surface area contributed by atoms with E-state index < -0.39 is 35.6 Å². The van der Waals surface area contributed by atoms with Crippen LogP contribution < -0.4 is 15.1 Å². The third-order valence-electron chi connectivity index (χ3n) is 7.52. The maximum absolute atomic E-state index is 13.3. The first-order valence-corrected chi connectivity index (χ1v) is 11.7. The molecule has 1 aromatic heterocycles. The van der Waals surface area contributed by atoms with Crippen LogP contribution in [0.25, 0.3) is 38.6 Å². The first-order valence-electron chi connectivity index (χ1n) is 11.7. The Morgan fingerprint density at radius 2 is 1.70 bits per heavy atom. The first-order chi connectivity index (χ1) is 17.5. The molecule has 0 amide bonds. The van der Waals surface area contributed by atoms with Crippen molar-refractivity contribution in [2.24, 2.45) is 5.92 Å². The van der Waals surface area contributed by atoms with Gasteiger partial charge in [0.1, 0.15) is 35.0 Å². The number of methoxy groups -OCH3 is 2. The zero-order chi connectivity index (χ0) is 26.8. The van der Waals surface area contributed by atoms with E-state index in [1.54, 1.807) is 31.2 Å². The number of phenols is 1. The molecule has 9 nitrogen and oxygen atoms in total. The van der Waals surface area contributed by atoms with Crippen LogP contribution in [0, 0.1) is 5.92 Å². The van der Waals surface area contributed by atoms with Crippen molar-refractivity contribution < 1.29 is 39.1 Å². The summed E-state index contributed by atoms with van der Waals surface area (Å²) in [6.07, 6.45) is -2.50. The van der Waals surface area contributed by atoms with Crippen molar-refractivity contribution in [1.29, 1.82) is 0 Å². The number of aliphatic hydroxyl groups is 3. The molecule has 0 saturated carbocycles. The normalized spacial score (nSPS) is 26.0. The number of hydrogen-bond acceptors (Lipinski definition) is 9. The van der Waals surface area contributed by atoms with Crippen molar-refractivity contribution >= 4 is 38.6 Å². The summed E-state index contributed by atoms with van der Waals surface area (Å²) in [5, 5.41) is 45.1. The van der Waals surface area contributed by atoms with E-state index in [4.69, 9.17) is 18.6 Å². The Hall–Kier alpha value is -3.63. The highest BCUT2D eigenvalue weighted by atomic mass is 16.6. The molecular formula is C28H28O9. The summed E-state index contributed by atoms with van der Waals surface area (Å²) in [4.78, 5) is 13.3. The van der Waals surface area contributed by atoms with Gasteiger partial charge in [-0.25, -0.2) is 4.79 Å². The van der Waals surface area contributed by atoms with Crippen LogP contribution in [0.5, 0.6) is 17.2 Å². The molecule has 1 fully saturated rings. The molecule has 4 aromatic rings. The number of aromatic hydroxyl groups is 1. The van der Waals surface area contributed by atoms with Gasteiger partial charge in [0, 0.05) is 22.1 Å². The largest absolute Gasteiger partial charge is 0.507 e. The van der Waals surface area contributed by atoms with Crippen molar-refractivity contribution in [2.45, 2.75) is 37.9 Å². The van der Waals surface area contributed by atoms with E-state index >= 15 is 0 Å². The number of aliphatic hydroxyl groups excluding tert-OH is 2. The Kier molecular flexibility index (Phi) is 5.91. The minimum Gasteiger partial charge on any atom is -0.507 e. The molecule has 0 radical (unpaired) electrons. The predicted molar refractivity (Wildman–Crippen MR) is 138 cm³/mol. The fourth-order valence-electron chi connectivity index (χ4n) is 5.15. The smallest absolute Gasteiger partial charge is 0.344 e. The van der Waals surface area contributed by atoms with E-state index in [1.165, 1.54) is 33.3 Å². The molecule has 4 N–H and O–H groups in total. The Morgan fingerprint density at radius 1 is 1.03 bits per heavy atom. The maximum Gasteiger partial charge on any atom is 0.344 e. The van der Waals surface area contributed by atoms with Gasteiger partial charge >= 0.3 is 5.63 Å². The fraction of sp³-hybridized carbons (Fsp3) is 0.321. The zero-order valence-corrected chi connectivity index (χ0v) is 20.8. The highest BCUT2D eigenvalue weighted by Gasteiger charge is 2.51. The molecule has 2 heterocycles. The molecule has 0 spiro atoms. The quantitative estimate of drug-likeness (QED) is 0.240. The second kappa shape index (κ2) is 8.74. The van der Waals surface area contributed by atoms with Crippen LogP contribution in [-0.2, 0) is 4.74 Å². The van der Waals surface area contributed by atoms with Gasteiger partial charge in [-0.15, -0.1) is 0 Å². The predicted octanol–water partition coefficient (Wildman–Crippen LogP) is 3.60. The molecular weight excluding hydrogens is 480 g/mol. The third kappa shape index (κ3) is 3.58. The van der Waals surface area contributed by atoms with Crippen LogP contribution in [0.3, 0.4) is 0 Å². The second-order valence-corrected chi connectivity index (χ2v) is 9.53. The lowest BCUT2D eigenvalue weighted by Crippen LogP contribution is -2.57. The Labute approximate surface area is 211 Å². The van der Waals surface area contributed by atoms with Crippen molar-refractivity contribution in [3.05, 3.63) is 58.5 Å². The van der Waals surface area contributed by atoms with Crippen LogP contribution in [0.1, 0.15) is 31.1 Å². The van der Waals surface area contributed by atoms with E-state index in [9.17, 15) is 25.2 Å². The van der Waals surface area contributed by atoms with Crippen LogP contribution in [0.2, 0.25) is 0 Å². The van der Waals surface area contributed by atoms with Crippen molar-refractivity contribution in [3.63, 3.8) is 0 Å². The molecule has 1 aliphatic rings. The lowest BCUT2D eigenvalue weighted by atomic mass is 9.77. The van der Waals surface area contributed by atoms with Crippen molar-refractivity contribution in [3.8, 4) is 17.2 Å². The zero-order valence-electron chi connectivity index (χ0n) is 20.8. The van der Waals surface area contributed by atoms with Crippen molar-refractivity contribution in [2.75, 3.05) is 14.2 Å². The molecule has 194 valence electrons. The summed E-state index contributed by atoms with van der Waals surface area (Å²) in [5.74, 6) is -0.300. The van der Waals surface area contributed by atoms with E-state index in [-0.39, 0.29) is 38.8 Å². The monoisotopic (exact) mass is 508 g/mol. The van der Waals surface area contributed by atoms with E-state index in [0.29, 0.717) is 22.1 Å². The van der Waals surface area contributed by atoms with Gasteiger partial charge in [0.25, 0.3) is 0 Å². The lowest BCUT2D eigenvalue weighted by Gasteiger charge is -2.46. The molecule has 0 bridgehead atoms. The molecule has 1 aliphatic heterocycles. The summed E-state index contributed by atoms with van der Waals surface area (Å²) < 4.78 is 22.8. The van der Waals surface area contributed by atoms with Crippen LogP contribution in [-0.4, -0.2) is 52.6 Å². The Balaban J connectivity index is 1.97. The van der Waals surface area contributed by atoms with Gasteiger partial charge in [0.05, 0.1) is 30.6 Å². The summed E-state index contributed by atoms with van der Waals surface area (Å²) in [6.45, 7) is 6.74. The van der Waals surface area contributed by atoms with Crippen LogP contribution in [0.4, 0.5) is 0 Å². The lowest BCUT2D eigenvalue weighted by molar-refractivity contribution is -0.294. The number of benzene rings is 3. The average Bonchev–Trinajstić information content (AvgIpc) is 2.89. The number of phenolic OH excluding ortho intramolecular Hbond substituents is 1. The third-order valence-corrected chi connectivity index (χ3v) is 7.52. The van der Waals surface area contributed by atoms with Gasteiger partial charge in [-0.2, -0.15) is 0 Å².